The predicted molar refractivity (Wildman–Crippen MR) is 130 cm³/mol. The van der Waals surface area contributed by atoms with Crippen molar-refractivity contribution in [2.45, 2.75) is 31.5 Å². The second-order valence-corrected chi connectivity index (χ2v) is 9.14. The number of nitrogens with zero attached hydrogens (tertiary/aromatic N) is 1. The Balaban J connectivity index is 1.66. The van der Waals surface area contributed by atoms with E-state index in [0.717, 1.165) is 11.6 Å². The molecule has 0 fully saturated rings. The molecule has 3 aromatic carbocycles. The van der Waals surface area contributed by atoms with Gasteiger partial charge in [0.05, 0.1) is 22.9 Å². The van der Waals surface area contributed by atoms with Gasteiger partial charge in [0.1, 0.15) is 11.8 Å². The molecule has 36 heavy (non-hydrogen) atoms. The summed E-state index contributed by atoms with van der Waals surface area (Å²) in [5.41, 5.74) is 1.52. The van der Waals surface area contributed by atoms with E-state index in [1.54, 1.807) is 25.1 Å². The van der Waals surface area contributed by atoms with Gasteiger partial charge in [-0.3, -0.25) is 14.6 Å². The molecule has 2 aliphatic heterocycles. The summed E-state index contributed by atoms with van der Waals surface area (Å²) in [7, 11) is 0. The van der Waals surface area contributed by atoms with Gasteiger partial charge >= 0.3 is 6.18 Å². The van der Waals surface area contributed by atoms with Crippen molar-refractivity contribution < 1.29 is 27.9 Å². The molecule has 2 atom stereocenters. The number of benzene rings is 3. The van der Waals surface area contributed by atoms with Gasteiger partial charge < -0.3 is 15.7 Å². The Morgan fingerprint density at radius 3 is 2.53 bits per heavy atom. The molecule has 3 N–H and O–H groups in total. The van der Waals surface area contributed by atoms with Crippen molar-refractivity contribution in [2.75, 3.05) is 10.6 Å². The quantitative estimate of drug-likeness (QED) is 0.403. The van der Waals surface area contributed by atoms with Gasteiger partial charge in [-0.25, -0.2) is 0 Å². The fourth-order valence-electron chi connectivity index (χ4n) is 4.52. The summed E-state index contributed by atoms with van der Waals surface area (Å²) >= 11 is 6.18. The van der Waals surface area contributed by atoms with Gasteiger partial charge in [-0.05, 0) is 36.2 Å². The number of halogens is 4. The van der Waals surface area contributed by atoms with Crippen LogP contribution in [0.3, 0.4) is 0 Å². The number of alkyl halides is 3. The highest BCUT2D eigenvalue weighted by molar-refractivity contribution is 6.32. The highest BCUT2D eigenvalue weighted by atomic mass is 35.5. The summed E-state index contributed by atoms with van der Waals surface area (Å²) < 4.78 is 40.8. The van der Waals surface area contributed by atoms with Crippen LogP contribution in [0.15, 0.2) is 59.6 Å². The van der Waals surface area contributed by atoms with Crippen LogP contribution in [0.4, 0.5) is 24.5 Å². The highest BCUT2D eigenvalue weighted by Crippen LogP contribution is 2.39. The number of benzodiazepines with no additional fused rings is 1. The van der Waals surface area contributed by atoms with Gasteiger partial charge in [-0.2, -0.15) is 13.2 Å². The summed E-state index contributed by atoms with van der Waals surface area (Å²) in [5.74, 6) is -1.49. The van der Waals surface area contributed by atoms with E-state index in [-0.39, 0.29) is 46.0 Å². The Kier molecular flexibility index (Phi) is 5.75. The maximum atomic E-state index is 13.6. The lowest BCUT2D eigenvalue weighted by atomic mass is 9.95. The third-order valence-electron chi connectivity index (χ3n) is 6.35. The molecule has 0 aromatic heterocycles. The highest BCUT2D eigenvalue weighted by Gasteiger charge is 2.36. The molecule has 0 bridgehead atoms. The normalized spacial score (nSPS) is 19.1. The van der Waals surface area contributed by atoms with E-state index in [0.29, 0.717) is 16.8 Å². The number of amides is 2. The van der Waals surface area contributed by atoms with Crippen LogP contribution in [-0.2, 0) is 22.2 Å². The SMILES string of the molecule is CC1C(=O)Nc2cc(C3=NC(Cc4ccccc4C(F)(F)F)C(=O)Nc4c(O)cc(Cl)cc43)ccc21. The summed E-state index contributed by atoms with van der Waals surface area (Å²) in [6, 6.07) is 11.7. The zero-order valence-corrected chi connectivity index (χ0v) is 19.5. The number of rotatable bonds is 3. The molecule has 0 spiro atoms. The van der Waals surface area contributed by atoms with Crippen LogP contribution in [-0.4, -0.2) is 28.7 Å². The molecule has 2 heterocycles. The van der Waals surface area contributed by atoms with E-state index in [9.17, 15) is 27.9 Å². The van der Waals surface area contributed by atoms with Crippen LogP contribution in [0.1, 0.15) is 40.7 Å². The van der Waals surface area contributed by atoms with Crippen molar-refractivity contribution in [3.63, 3.8) is 0 Å². The smallest absolute Gasteiger partial charge is 0.416 e. The lowest BCUT2D eigenvalue weighted by Crippen LogP contribution is -2.28. The van der Waals surface area contributed by atoms with E-state index >= 15 is 0 Å². The molecule has 2 unspecified atom stereocenters. The van der Waals surface area contributed by atoms with Gasteiger partial charge in [0.2, 0.25) is 11.8 Å². The number of aromatic hydroxyl groups is 1. The van der Waals surface area contributed by atoms with Gasteiger partial charge in [0.25, 0.3) is 0 Å². The molecule has 6 nitrogen and oxygen atoms in total. The van der Waals surface area contributed by atoms with Gasteiger partial charge in [-0.15, -0.1) is 0 Å². The minimum atomic E-state index is -4.60. The average Bonchev–Trinajstić information content (AvgIpc) is 3.01. The van der Waals surface area contributed by atoms with Crippen LogP contribution in [0.5, 0.6) is 5.75 Å². The van der Waals surface area contributed by atoms with E-state index < -0.39 is 23.7 Å². The second-order valence-electron chi connectivity index (χ2n) is 8.70. The average molecular weight is 514 g/mol. The van der Waals surface area contributed by atoms with E-state index in [1.165, 1.54) is 30.3 Å². The van der Waals surface area contributed by atoms with Crippen LogP contribution in [0.2, 0.25) is 5.02 Å². The largest absolute Gasteiger partial charge is 0.506 e. The Hall–Kier alpha value is -3.85. The molecule has 2 amide bonds. The fraction of sp³-hybridized carbons (Fsp3) is 0.192. The Bertz CT molecular complexity index is 1450. The molecule has 0 radical (unpaired) electrons. The molecule has 0 aliphatic carbocycles. The zero-order chi connectivity index (χ0) is 25.8. The van der Waals surface area contributed by atoms with Crippen molar-refractivity contribution >= 4 is 40.5 Å². The molecular weight excluding hydrogens is 495 g/mol. The topological polar surface area (TPSA) is 90.8 Å². The van der Waals surface area contributed by atoms with E-state index in [4.69, 9.17) is 11.6 Å². The maximum absolute atomic E-state index is 13.6. The summed E-state index contributed by atoms with van der Waals surface area (Å²) in [5, 5.41) is 16.1. The third kappa shape index (κ3) is 4.19. The fourth-order valence-corrected chi connectivity index (χ4v) is 4.74. The number of carbonyl (C=O) groups excluding carboxylic acids is 2. The molecule has 10 heteroatoms. The number of nitrogens with one attached hydrogen (secondary N) is 2. The first kappa shape index (κ1) is 23.9. The number of hydrogen-bond donors (Lipinski definition) is 3. The summed E-state index contributed by atoms with van der Waals surface area (Å²) in [6.07, 6.45) is -4.93. The van der Waals surface area contributed by atoms with Crippen molar-refractivity contribution in [3.05, 3.63) is 87.4 Å². The summed E-state index contributed by atoms with van der Waals surface area (Å²) in [6.45, 7) is 1.77. The number of aliphatic imine (C=N–C) groups is 1. The van der Waals surface area contributed by atoms with Crippen LogP contribution in [0, 0.1) is 0 Å². The molecule has 3 aromatic rings. The van der Waals surface area contributed by atoms with Crippen molar-refractivity contribution in [2.24, 2.45) is 4.99 Å². The molecule has 2 aliphatic rings. The lowest BCUT2D eigenvalue weighted by Gasteiger charge is -2.16. The number of phenols is 1. The molecule has 0 saturated heterocycles. The second kappa shape index (κ2) is 8.67. The van der Waals surface area contributed by atoms with Gasteiger partial charge in [-0.1, -0.05) is 41.9 Å². The van der Waals surface area contributed by atoms with Crippen LogP contribution < -0.4 is 10.6 Å². The van der Waals surface area contributed by atoms with E-state index in [1.807, 2.05) is 0 Å². The predicted octanol–water partition coefficient (Wildman–Crippen LogP) is 5.52. The summed E-state index contributed by atoms with van der Waals surface area (Å²) in [4.78, 5) is 29.9. The maximum Gasteiger partial charge on any atom is 0.416 e. The van der Waals surface area contributed by atoms with E-state index in [2.05, 4.69) is 15.6 Å². The van der Waals surface area contributed by atoms with Crippen molar-refractivity contribution in [1.82, 2.24) is 0 Å². The molecule has 5 rings (SSSR count). The number of fused-ring (bicyclic) bond motifs is 2. The molecular formula is C26H19ClF3N3O3. The standard InChI is InChI=1S/C26H19ClF3N3O3/c1-12-16-7-6-14(9-19(16)32-24(12)35)22-17-10-15(27)11-21(34)23(17)33-25(36)20(31-22)8-13-4-2-3-5-18(13)26(28,29)30/h2-7,9-12,20,34H,8H2,1H3,(H,32,35)(H,33,36). The van der Waals surface area contributed by atoms with Crippen LogP contribution in [0.25, 0.3) is 0 Å². The number of phenolic OH excluding ortho intramolecular Hbond substituents is 1. The number of hydrogen-bond acceptors (Lipinski definition) is 4. The van der Waals surface area contributed by atoms with Crippen LogP contribution >= 0.6 is 11.6 Å². The first-order valence-corrected chi connectivity index (χ1v) is 11.4. The monoisotopic (exact) mass is 513 g/mol. The lowest BCUT2D eigenvalue weighted by molar-refractivity contribution is -0.138. The Morgan fingerprint density at radius 1 is 1.03 bits per heavy atom. The first-order chi connectivity index (χ1) is 17.0. The zero-order valence-electron chi connectivity index (χ0n) is 18.8. The molecule has 184 valence electrons. The van der Waals surface area contributed by atoms with Crippen molar-refractivity contribution in [1.29, 1.82) is 0 Å². The Labute approximate surface area is 208 Å². The third-order valence-corrected chi connectivity index (χ3v) is 6.57. The minimum absolute atomic E-state index is 0.0488. The van der Waals surface area contributed by atoms with Crippen molar-refractivity contribution in [3.8, 4) is 5.75 Å². The first-order valence-electron chi connectivity index (χ1n) is 11.0. The molecule has 0 saturated carbocycles. The Morgan fingerprint density at radius 2 is 1.78 bits per heavy atom. The van der Waals surface area contributed by atoms with Gasteiger partial charge in [0.15, 0.2) is 0 Å². The minimum Gasteiger partial charge on any atom is -0.506 e. The number of anilines is 2. The van der Waals surface area contributed by atoms with Gasteiger partial charge in [0, 0.05) is 34.3 Å². The number of carbonyl (C=O) groups is 2.